The fraction of sp³-hybridized carbons (Fsp3) is 0.440. The van der Waals surface area contributed by atoms with Gasteiger partial charge >= 0.3 is 16.3 Å². The van der Waals surface area contributed by atoms with Crippen molar-refractivity contribution in [3.8, 4) is 39.0 Å². The number of imidazole rings is 1. The molecule has 2 aromatic heterocycles. The Bertz CT molecular complexity index is 2820. The van der Waals surface area contributed by atoms with E-state index in [-0.39, 0.29) is 31.4 Å². The molecule has 16 nitrogen and oxygen atoms in total. The number of benzene rings is 3. The molecule has 5 aromatic rings. The van der Waals surface area contributed by atoms with Crippen molar-refractivity contribution in [2.45, 2.75) is 115 Å². The van der Waals surface area contributed by atoms with Crippen LogP contribution in [0.1, 0.15) is 85.6 Å². The Morgan fingerprint density at radius 2 is 1.66 bits per heavy atom. The number of carbonyl (C=O) groups is 4. The second-order valence-corrected chi connectivity index (χ2v) is 22.0. The Morgan fingerprint density at radius 3 is 2.37 bits per heavy atom. The highest BCUT2D eigenvalue weighted by Crippen LogP contribution is 2.46. The number of rotatable bonds is 10. The number of aromatic nitrogens is 3. The van der Waals surface area contributed by atoms with Gasteiger partial charge in [0.05, 0.1) is 17.8 Å². The smallest absolute Gasteiger partial charge is 0.408 e. The first-order valence-electron chi connectivity index (χ1n) is 23.2. The number of allylic oxidation sites excluding steroid dienone is 1. The SMILES string of the molecule is CC(C)n1c(O[C@@H]2C[C@H]3C(=O)N[C@]4(C(=O)NS(=O)(=O)N(C)C)C[C@H]4C=CCCCCC[C@H](NC(=O)OC(C)(C)C)C(=O)N3C2)nc2c(-c3nc(-c4ccc(-c5ccccc5)cc4)cs3)cccc21. The van der Waals surface area contributed by atoms with Gasteiger partial charge < -0.3 is 25.0 Å². The number of para-hydroxylation sites is 1. The van der Waals surface area contributed by atoms with Crippen LogP contribution in [0, 0.1) is 5.92 Å². The third-order valence-corrected chi connectivity index (χ3v) is 14.8. The zero-order valence-electron chi connectivity index (χ0n) is 39.5. The van der Waals surface area contributed by atoms with Crippen molar-refractivity contribution >= 4 is 56.4 Å². The maximum atomic E-state index is 14.8. The first-order chi connectivity index (χ1) is 32.3. The van der Waals surface area contributed by atoms with Crippen molar-refractivity contribution in [2.75, 3.05) is 20.6 Å². The van der Waals surface area contributed by atoms with Gasteiger partial charge in [-0.05, 0) is 83.6 Å². The zero-order valence-corrected chi connectivity index (χ0v) is 41.2. The van der Waals surface area contributed by atoms with Gasteiger partial charge in [0.15, 0.2) is 0 Å². The number of ether oxygens (including phenoxy) is 2. The molecule has 68 heavy (non-hydrogen) atoms. The third-order valence-electron chi connectivity index (χ3n) is 12.5. The molecule has 3 aliphatic rings. The number of fused-ring (bicyclic) bond motifs is 3. The van der Waals surface area contributed by atoms with Crippen LogP contribution in [-0.4, -0.2) is 106 Å². The summed E-state index contributed by atoms with van der Waals surface area (Å²) < 4.78 is 43.1. The number of hydrogen-bond acceptors (Lipinski definition) is 11. The van der Waals surface area contributed by atoms with Gasteiger partial charge in [0.1, 0.15) is 39.9 Å². The van der Waals surface area contributed by atoms with Crippen molar-refractivity contribution in [2.24, 2.45) is 5.92 Å². The van der Waals surface area contributed by atoms with E-state index in [1.807, 2.05) is 72.3 Å². The number of alkyl carbamates (subject to hydrolysis) is 1. The summed E-state index contributed by atoms with van der Waals surface area (Å²) in [5, 5.41) is 8.48. The third kappa shape index (κ3) is 10.5. The molecule has 4 amide bonds. The standard InChI is InChI=1S/C50H60N8O8S2/c1-31(2)58-40-22-16-20-37(44-51-39(30-67-44)34-25-23-33(24-26-34)32-17-12-11-13-18-32)42(40)53-47(58)65-36-27-41-43(59)54-50(46(61)55-68(63,64)56(6)7)28-35(50)19-14-9-8-10-15-21-38(45(60)57(41)29-36)52-48(62)66-49(3,4)5/h11-14,16-20,22-26,30-31,35-36,38,41H,8-10,15,21,27-29H2,1-7H3,(H,52,62)(H,54,59)(H,55,61)/t35-,36-,38+,41+,50-/m1/s1. The predicted molar refractivity (Wildman–Crippen MR) is 262 cm³/mol. The lowest BCUT2D eigenvalue weighted by Crippen LogP contribution is -2.58. The summed E-state index contributed by atoms with van der Waals surface area (Å²) in [5.41, 5.74) is 3.97. The minimum absolute atomic E-state index is 0.0119. The summed E-state index contributed by atoms with van der Waals surface area (Å²) in [6, 6.07) is 22.4. The molecule has 1 saturated carbocycles. The molecule has 4 heterocycles. The molecule has 360 valence electrons. The molecular formula is C50H60N8O8S2. The molecule has 0 bridgehead atoms. The van der Waals surface area contributed by atoms with Gasteiger partial charge in [-0.1, -0.05) is 85.7 Å². The van der Waals surface area contributed by atoms with E-state index < -0.39 is 69.3 Å². The summed E-state index contributed by atoms with van der Waals surface area (Å²) in [6.45, 7) is 9.19. The van der Waals surface area contributed by atoms with E-state index in [0.717, 1.165) is 55.6 Å². The monoisotopic (exact) mass is 964 g/mol. The minimum Gasteiger partial charge on any atom is -0.459 e. The van der Waals surface area contributed by atoms with Crippen LogP contribution in [0.2, 0.25) is 0 Å². The number of nitrogens with one attached hydrogen (secondary N) is 3. The molecule has 0 radical (unpaired) electrons. The van der Waals surface area contributed by atoms with Crippen LogP contribution in [-0.2, 0) is 29.3 Å². The van der Waals surface area contributed by atoms with Crippen molar-refractivity contribution in [3.63, 3.8) is 0 Å². The van der Waals surface area contributed by atoms with Gasteiger partial charge in [0, 0.05) is 49.0 Å². The van der Waals surface area contributed by atoms with Crippen molar-refractivity contribution in [1.82, 2.24) is 39.1 Å². The summed E-state index contributed by atoms with van der Waals surface area (Å²) >= 11 is 1.52. The molecule has 1 aliphatic carbocycles. The Kier molecular flexibility index (Phi) is 13.8. The molecule has 1 saturated heterocycles. The van der Waals surface area contributed by atoms with E-state index in [1.54, 1.807) is 20.8 Å². The van der Waals surface area contributed by atoms with Gasteiger partial charge in [-0.3, -0.25) is 19.0 Å². The van der Waals surface area contributed by atoms with Crippen LogP contribution >= 0.6 is 11.3 Å². The molecule has 2 fully saturated rings. The average Bonchev–Trinajstić information content (AvgIpc) is 3.63. The van der Waals surface area contributed by atoms with E-state index in [4.69, 9.17) is 19.4 Å². The molecule has 8 rings (SSSR count). The van der Waals surface area contributed by atoms with Crippen LogP contribution in [0.3, 0.4) is 0 Å². The Labute approximate surface area is 401 Å². The summed E-state index contributed by atoms with van der Waals surface area (Å²) in [5.74, 6) is -2.52. The van der Waals surface area contributed by atoms with Gasteiger partial charge in [0.2, 0.25) is 11.8 Å². The van der Waals surface area contributed by atoms with Crippen molar-refractivity contribution < 1.29 is 37.1 Å². The van der Waals surface area contributed by atoms with Crippen LogP contribution in [0.4, 0.5) is 4.79 Å². The molecular weight excluding hydrogens is 905 g/mol. The average molecular weight is 965 g/mol. The van der Waals surface area contributed by atoms with Crippen LogP contribution in [0.15, 0.2) is 90.3 Å². The second kappa shape index (κ2) is 19.5. The summed E-state index contributed by atoms with van der Waals surface area (Å²) in [7, 11) is -1.60. The van der Waals surface area contributed by atoms with E-state index in [9.17, 15) is 27.6 Å². The highest BCUT2D eigenvalue weighted by Gasteiger charge is 2.62. The van der Waals surface area contributed by atoms with Crippen LogP contribution in [0.25, 0.3) is 44.0 Å². The lowest BCUT2D eigenvalue weighted by Gasteiger charge is -2.30. The predicted octanol–water partition coefficient (Wildman–Crippen LogP) is 7.63. The fourth-order valence-electron chi connectivity index (χ4n) is 8.91. The number of hydrogen-bond donors (Lipinski definition) is 3. The fourth-order valence-corrected chi connectivity index (χ4v) is 10.4. The molecule has 18 heteroatoms. The van der Waals surface area contributed by atoms with E-state index in [2.05, 4.69) is 51.8 Å². The molecule has 5 atom stereocenters. The molecule has 2 aliphatic heterocycles. The highest BCUT2D eigenvalue weighted by atomic mass is 32.2. The number of nitrogens with zero attached hydrogens (tertiary/aromatic N) is 5. The van der Waals surface area contributed by atoms with Crippen molar-refractivity contribution in [1.29, 1.82) is 0 Å². The topological polar surface area (TPSA) is 194 Å². The normalized spacial score (nSPS) is 22.5. The van der Waals surface area contributed by atoms with Crippen LogP contribution < -0.4 is 20.1 Å². The second-order valence-electron chi connectivity index (χ2n) is 19.2. The van der Waals surface area contributed by atoms with E-state index in [0.29, 0.717) is 24.8 Å². The Morgan fingerprint density at radius 1 is 0.941 bits per heavy atom. The molecule has 0 spiro atoms. The van der Waals surface area contributed by atoms with Crippen molar-refractivity contribution in [3.05, 3.63) is 90.3 Å². The summed E-state index contributed by atoms with van der Waals surface area (Å²) in [6.07, 6.45) is 5.50. The largest absolute Gasteiger partial charge is 0.459 e. The van der Waals surface area contributed by atoms with Gasteiger partial charge in [-0.15, -0.1) is 11.3 Å². The number of carbonyl (C=O) groups excluding carboxylic acids is 4. The van der Waals surface area contributed by atoms with E-state index in [1.165, 1.54) is 30.3 Å². The lowest BCUT2D eigenvalue weighted by atomic mass is 10.0. The van der Waals surface area contributed by atoms with Gasteiger partial charge in [0.25, 0.3) is 11.9 Å². The Balaban J connectivity index is 1.10. The minimum atomic E-state index is -4.20. The molecule has 3 aromatic carbocycles. The quantitative estimate of drug-likeness (QED) is 0.117. The van der Waals surface area contributed by atoms with E-state index >= 15 is 0 Å². The maximum Gasteiger partial charge on any atom is 0.408 e. The molecule has 0 unspecified atom stereocenters. The first kappa shape index (κ1) is 48.4. The lowest BCUT2D eigenvalue weighted by molar-refractivity contribution is -0.141. The summed E-state index contributed by atoms with van der Waals surface area (Å²) in [4.78, 5) is 68.1. The Hall–Kier alpha value is -6.11. The van der Waals surface area contributed by atoms with Gasteiger partial charge in [-0.2, -0.15) is 17.7 Å². The van der Waals surface area contributed by atoms with Crippen LogP contribution in [0.5, 0.6) is 6.01 Å². The number of thiazole rings is 1. The zero-order chi connectivity index (χ0) is 48.5. The maximum absolute atomic E-state index is 14.8. The first-order valence-corrected chi connectivity index (χ1v) is 25.5. The number of amides is 4. The van der Waals surface area contributed by atoms with Gasteiger partial charge in [-0.25, -0.2) is 14.5 Å². The highest BCUT2D eigenvalue weighted by molar-refractivity contribution is 7.87. The molecule has 3 N–H and O–H groups in total.